The van der Waals surface area contributed by atoms with Crippen LogP contribution >= 0.6 is 11.5 Å². The molecule has 1 aromatic carbocycles. The Hall–Kier alpha value is -1.17. The minimum absolute atomic E-state index is 0.288. The van der Waals surface area contributed by atoms with E-state index in [0.29, 0.717) is 12.6 Å². The highest BCUT2D eigenvalue weighted by Gasteiger charge is 2.08. The highest BCUT2D eigenvalue weighted by Crippen LogP contribution is 2.28. The van der Waals surface area contributed by atoms with E-state index in [1.54, 1.807) is 0 Å². The highest BCUT2D eigenvalue weighted by molar-refractivity contribution is 7.13. The fourth-order valence-electron chi connectivity index (χ4n) is 1.60. The summed E-state index contributed by atoms with van der Waals surface area (Å²) < 4.78 is 10.8. The molecule has 0 saturated carbocycles. The first-order valence-electron chi connectivity index (χ1n) is 6.04. The minimum atomic E-state index is -0.504. The van der Waals surface area contributed by atoms with Crippen LogP contribution in [-0.4, -0.2) is 34.8 Å². The summed E-state index contributed by atoms with van der Waals surface area (Å²) in [4.78, 5) is 0. The lowest BCUT2D eigenvalue weighted by molar-refractivity contribution is 0.105. The molecule has 5 heteroatoms. The van der Waals surface area contributed by atoms with Crippen LogP contribution < -0.4 is 10.1 Å². The van der Waals surface area contributed by atoms with E-state index in [0.717, 1.165) is 15.8 Å². The fourth-order valence-corrected chi connectivity index (χ4v) is 2.31. The lowest BCUT2D eigenvalue weighted by Gasteiger charge is -2.15. The molecule has 0 aliphatic rings. The van der Waals surface area contributed by atoms with Gasteiger partial charge in [-0.25, -0.2) is 0 Å². The first-order valence-corrected chi connectivity index (χ1v) is 6.82. The number of nitrogens with one attached hydrogen (secondary N) is 1. The molecule has 4 nitrogen and oxygen atoms in total. The van der Waals surface area contributed by atoms with Crippen molar-refractivity contribution in [2.45, 2.75) is 26.0 Å². The summed E-state index contributed by atoms with van der Waals surface area (Å²) >= 11 is 1.41. The molecule has 0 spiro atoms. The van der Waals surface area contributed by atoms with Gasteiger partial charge in [-0.3, -0.25) is 0 Å². The summed E-state index contributed by atoms with van der Waals surface area (Å²) in [6.07, 6.45) is 1.32. The number of hydrogen-bond donors (Lipinski definition) is 2. The molecule has 2 N–H and O–H groups in total. The van der Waals surface area contributed by atoms with Gasteiger partial charge in [0.15, 0.2) is 0 Å². The van der Waals surface area contributed by atoms with Crippen LogP contribution in [0.4, 0.5) is 0 Å². The topological polar surface area (TPSA) is 54.4 Å². The maximum Gasteiger partial charge on any atom is 0.138 e. The molecule has 2 rings (SSSR count). The lowest BCUT2D eigenvalue weighted by atomic mass is 10.2. The third-order valence-corrected chi connectivity index (χ3v) is 3.37. The fraction of sp³-hybridized carbons (Fsp3) is 0.462. The van der Waals surface area contributed by atoms with Crippen LogP contribution in [-0.2, 0) is 0 Å². The van der Waals surface area contributed by atoms with Crippen molar-refractivity contribution in [1.29, 1.82) is 0 Å². The van der Waals surface area contributed by atoms with Gasteiger partial charge in [-0.05, 0) is 17.6 Å². The van der Waals surface area contributed by atoms with Crippen LogP contribution in [0.25, 0.3) is 10.1 Å². The number of aliphatic hydroxyl groups is 1. The molecule has 0 aliphatic heterocycles. The van der Waals surface area contributed by atoms with Gasteiger partial charge in [0.1, 0.15) is 18.5 Å². The van der Waals surface area contributed by atoms with Gasteiger partial charge < -0.3 is 15.2 Å². The van der Waals surface area contributed by atoms with Crippen LogP contribution in [0, 0.1) is 0 Å². The average molecular weight is 266 g/mol. The molecule has 0 bridgehead atoms. The van der Waals surface area contributed by atoms with Gasteiger partial charge in [0, 0.05) is 24.2 Å². The summed E-state index contributed by atoms with van der Waals surface area (Å²) in [7, 11) is 0. The van der Waals surface area contributed by atoms with Gasteiger partial charge in [0.25, 0.3) is 0 Å². The molecule has 1 atom stereocenters. The molecule has 98 valence electrons. The van der Waals surface area contributed by atoms with E-state index in [1.165, 1.54) is 11.5 Å². The Labute approximate surface area is 111 Å². The van der Waals surface area contributed by atoms with Gasteiger partial charge in [-0.2, -0.15) is 4.37 Å². The third kappa shape index (κ3) is 3.41. The molecule has 0 fully saturated rings. The summed E-state index contributed by atoms with van der Waals surface area (Å²) in [6.45, 7) is 4.92. The predicted molar refractivity (Wildman–Crippen MR) is 74.3 cm³/mol. The zero-order valence-electron chi connectivity index (χ0n) is 10.6. The number of aliphatic hydroxyl groups excluding tert-OH is 1. The minimum Gasteiger partial charge on any atom is -0.489 e. The Bertz CT molecular complexity index is 498. The Morgan fingerprint density at radius 2 is 2.28 bits per heavy atom. The van der Waals surface area contributed by atoms with Crippen molar-refractivity contribution in [2.24, 2.45) is 0 Å². The Kier molecular flexibility index (Phi) is 4.52. The number of aromatic nitrogens is 1. The quantitative estimate of drug-likeness (QED) is 0.840. The highest BCUT2D eigenvalue weighted by atomic mass is 32.1. The van der Waals surface area contributed by atoms with Gasteiger partial charge >= 0.3 is 0 Å². The first-order chi connectivity index (χ1) is 8.66. The maximum absolute atomic E-state index is 9.78. The Morgan fingerprint density at radius 3 is 3.06 bits per heavy atom. The number of fused-ring (bicyclic) bond motifs is 1. The standard InChI is InChI=1S/C13H18N2O2S/c1-9(2)14-7-11(16)8-17-12-5-3-4-10-6-15-18-13(10)12/h3-6,9,11,14,16H,7-8H2,1-2H3. The van der Waals surface area contributed by atoms with E-state index in [-0.39, 0.29) is 6.61 Å². The Balaban J connectivity index is 1.91. The summed E-state index contributed by atoms with van der Waals surface area (Å²) in [6, 6.07) is 6.21. The number of rotatable bonds is 6. The second kappa shape index (κ2) is 6.13. The van der Waals surface area contributed by atoms with Crippen molar-refractivity contribution in [3.63, 3.8) is 0 Å². The molecule has 0 amide bonds. The number of hydrogen-bond acceptors (Lipinski definition) is 5. The molecule has 0 aliphatic carbocycles. The van der Waals surface area contributed by atoms with Crippen molar-refractivity contribution < 1.29 is 9.84 Å². The van der Waals surface area contributed by atoms with Gasteiger partial charge in [-0.1, -0.05) is 26.0 Å². The van der Waals surface area contributed by atoms with Gasteiger partial charge in [-0.15, -0.1) is 0 Å². The molecule has 1 unspecified atom stereocenters. The normalized spacial score (nSPS) is 13.1. The number of ether oxygens (including phenoxy) is 1. The van der Waals surface area contributed by atoms with Crippen molar-refractivity contribution >= 4 is 21.6 Å². The van der Waals surface area contributed by atoms with Crippen molar-refractivity contribution in [2.75, 3.05) is 13.2 Å². The molecule has 1 heterocycles. The maximum atomic E-state index is 9.78. The van der Waals surface area contributed by atoms with E-state index in [2.05, 4.69) is 9.69 Å². The van der Waals surface area contributed by atoms with Crippen molar-refractivity contribution in [1.82, 2.24) is 9.69 Å². The summed E-state index contributed by atoms with van der Waals surface area (Å²) in [5, 5.41) is 14.0. The third-order valence-electron chi connectivity index (χ3n) is 2.54. The van der Waals surface area contributed by atoms with Crippen molar-refractivity contribution in [3.05, 3.63) is 24.4 Å². The molecule has 1 aromatic heterocycles. The smallest absolute Gasteiger partial charge is 0.138 e. The number of nitrogens with zero attached hydrogens (tertiary/aromatic N) is 1. The molecular weight excluding hydrogens is 248 g/mol. The summed E-state index contributed by atoms with van der Waals surface area (Å²) in [5.74, 6) is 0.790. The molecule has 0 saturated heterocycles. The lowest BCUT2D eigenvalue weighted by Crippen LogP contribution is -2.35. The first kappa shape index (κ1) is 13.3. The van der Waals surface area contributed by atoms with E-state index >= 15 is 0 Å². The summed E-state index contributed by atoms with van der Waals surface area (Å²) in [5.41, 5.74) is 0. The molecular formula is C13H18N2O2S. The zero-order chi connectivity index (χ0) is 13.0. The monoisotopic (exact) mass is 266 g/mol. The second-order valence-corrected chi connectivity index (χ2v) is 5.33. The van der Waals surface area contributed by atoms with E-state index < -0.39 is 6.10 Å². The van der Waals surface area contributed by atoms with Crippen LogP contribution in [0.3, 0.4) is 0 Å². The molecule has 2 aromatic rings. The number of benzene rings is 1. The van der Waals surface area contributed by atoms with E-state index in [4.69, 9.17) is 4.74 Å². The molecule has 18 heavy (non-hydrogen) atoms. The van der Waals surface area contributed by atoms with E-state index in [9.17, 15) is 5.11 Å². The predicted octanol–water partition coefficient (Wildman–Crippen LogP) is 2.03. The molecule has 0 radical (unpaired) electrons. The SMILES string of the molecule is CC(C)NCC(O)COc1cccc2cnsc12. The van der Waals surface area contributed by atoms with E-state index in [1.807, 2.05) is 38.2 Å². The van der Waals surface area contributed by atoms with Crippen LogP contribution in [0.2, 0.25) is 0 Å². The second-order valence-electron chi connectivity index (χ2n) is 4.53. The van der Waals surface area contributed by atoms with Crippen LogP contribution in [0.1, 0.15) is 13.8 Å². The van der Waals surface area contributed by atoms with Crippen LogP contribution in [0.5, 0.6) is 5.75 Å². The largest absolute Gasteiger partial charge is 0.489 e. The van der Waals surface area contributed by atoms with Crippen LogP contribution in [0.15, 0.2) is 24.4 Å². The average Bonchev–Trinajstić information content (AvgIpc) is 2.82. The zero-order valence-corrected chi connectivity index (χ0v) is 11.4. The van der Waals surface area contributed by atoms with Crippen molar-refractivity contribution in [3.8, 4) is 5.75 Å². The van der Waals surface area contributed by atoms with Gasteiger partial charge in [0.2, 0.25) is 0 Å². The van der Waals surface area contributed by atoms with Gasteiger partial charge in [0.05, 0.1) is 4.70 Å². The Morgan fingerprint density at radius 1 is 1.44 bits per heavy atom.